The van der Waals surface area contributed by atoms with Crippen LogP contribution in [0.25, 0.3) is 5.69 Å². The smallest absolute Gasteiger partial charge is 0.251 e. The second kappa shape index (κ2) is 7.29. The Balaban J connectivity index is 1.83. The molecule has 0 saturated carbocycles. The molecule has 144 valence electrons. The fourth-order valence-electron chi connectivity index (χ4n) is 3.68. The van der Waals surface area contributed by atoms with Crippen molar-refractivity contribution in [3.05, 3.63) is 46.8 Å². The molecule has 1 aliphatic carbocycles. The molecule has 1 N–H and O–H groups in total. The molecule has 0 bridgehead atoms. The maximum atomic E-state index is 12.6. The van der Waals surface area contributed by atoms with Crippen LogP contribution in [0, 0.1) is 18.3 Å². The molecule has 0 aliphatic heterocycles. The Morgan fingerprint density at radius 3 is 2.52 bits per heavy atom. The number of aryl methyl sites for hydroxylation is 1. The molecule has 0 saturated heterocycles. The topological polar surface area (TPSA) is 64.0 Å². The third-order valence-electron chi connectivity index (χ3n) is 5.10. The molecular formula is C22H29N3O2. The summed E-state index contributed by atoms with van der Waals surface area (Å²) in [6, 6.07) is 7.44. The fraction of sp³-hybridized carbons (Fsp3) is 0.500. The number of nitrogens with one attached hydrogen (secondary N) is 1. The lowest BCUT2D eigenvalue weighted by atomic mass is 9.75. The number of carbonyl (C=O) groups is 2. The van der Waals surface area contributed by atoms with Crippen molar-refractivity contribution in [1.82, 2.24) is 15.1 Å². The molecule has 1 aliphatic rings. The molecule has 0 fully saturated rings. The average molecular weight is 367 g/mol. The van der Waals surface area contributed by atoms with E-state index in [1.165, 1.54) is 0 Å². The Morgan fingerprint density at radius 1 is 1.22 bits per heavy atom. The van der Waals surface area contributed by atoms with Crippen molar-refractivity contribution >= 4 is 11.7 Å². The zero-order chi connectivity index (χ0) is 19.8. The van der Waals surface area contributed by atoms with Gasteiger partial charge in [0, 0.05) is 18.5 Å². The van der Waals surface area contributed by atoms with Gasteiger partial charge in [0.1, 0.15) is 0 Å². The van der Waals surface area contributed by atoms with Gasteiger partial charge in [-0.2, -0.15) is 5.10 Å². The number of amides is 1. The Labute approximate surface area is 161 Å². The second-order valence-corrected chi connectivity index (χ2v) is 8.75. The standard InChI is InChI=1S/C22H29N3O2/c1-14(2)10-11-23-21(27)16-6-8-17(9-7-16)25-18-12-22(4,5)13-19(26)20(18)15(3)24-25/h6-9,14H,10-13H2,1-5H3,(H,23,27). The number of aromatic nitrogens is 2. The number of fused-ring (bicyclic) bond motifs is 1. The molecule has 0 radical (unpaired) electrons. The van der Waals surface area contributed by atoms with Crippen molar-refractivity contribution in [2.45, 2.75) is 53.9 Å². The van der Waals surface area contributed by atoms with Crippen molar-refractivity contribution in [3.8, 4) is 5.69 Å². The van der Waals surface area contributed by atoms with Crippen LogP contribution in [-0.4, -0.2) is 28.0 Å². The highest BCUT2D eigenvalue weighted by molar-refractivity contribution is 6.00. The number of benzene rings is 1. The van der Waals surface area contributed by atoms with Crippen LogP contribution in [0.2, 0.25) is 0 Å². The number of rotatable bonds is 5. The van der Waals surface area contributed by atoms with Crippen LogP contribution in [0.4, 0.5) is 0 Å². The van der Waals surface area contributed by atoms with Crippen molar-refractivity contribution < 1.29 is 9.59 Å². The maximum absolute atomic E-state index is 12.6. The van der Waals surface area contributed by atoms with Gasteiger partial charge in [-0.25, -0.2) is 4.68 Å². The van der Waals surface area contributed by atoms with E-state index in [0.29, 0.717) is 24.4 Å². The molecule has 0 unspecified atom stereocenters. The molecule has 0 atom stereocenters. The Kier molecular flexibility index (Phi) is 5.22. The van der Waals surface area contributed by atoms with E-state index >= 15 is 0 Å². The molecule has 27 heavy (non-hydrogen) atoms. The van der Waals surface area contributed by atoms with Crippen molar-refractivity contribution in [1.29, 1.82) is 0 Å². The first-order valence-corrected chi connectivity index (χ1v) is 9.68. The van der Waals surface area contributed by atoms with Gasteiger partial charge in [-0.1, -0.05) is 27.7 Å². The van der Waals surface area contributed by atoms with E-state index in [1.807, 2.05) is 35.9 Å². The SMILES string of the molecule is Cc1nn(-c2ccc(C(=O)NCCC(C)C)cc2)c2c1C(=O)CC(C)(C)C2. The Bertz CT molecular complexity index is 860. The van der Waals surface area contributed by atoms with Gasteiger partial charge in [0.15, 0.2) is 5.78 Å². The summed E-state index contributed by atoms with van der Waals surface area (Å²) < 4.78 is 1.87. The zero-order valence-electron chi connectivity index (χ0n) is 16.9. The second-order valence-electron chi connectivity index (χ2n) is 8.75. The minimum absolute atomic E-state index is 0.0582. The molecule has 1 heterocycles. The number of ketones is 1. The van der Waals surface area contributed by atoms with Gasteiger partial charge in [0.25, 0.3) is 5.91 Å². The van der Waals surface area contributed by atoms with E-state index in [2.05, 4.69) is 38.1 Å². The fourth-order valence-corrected chi connectivity index (χ4v) is 3.68. The van der Waals surface area contributed by atoms with Crippen LogP contribution in [0.1, 0.15) is 72.6 Å². The minimum atomic E-state index is -0.0649. The molecule has 3 rings (SSSR count). The summed E-state index contributed by atoms with van der Waals surface area (Å²) in [5.41, 5.74) is 3.97. The maximum Gasteiger partial charge on any atom is 0.251 e. The van der Waals surface area contributed by atoms with Gasteiger partial charge >= 0.3 is 0 Å². The van der Waals surface area contributed by atoms with Gasteiger partial charge in [-0.15, -0.1) is 0 Å². The predicted molar refractivity (Wildman–Crippen MR) is 107 cm³/mol. The van der Waals surface area contributed by atoms with Crippen LogP contribution < -0.4 is 5.32 Å². The monoisotopic (exact) mass is 367 g/mol. The highest BCUT2D eigenvalue weighted by Gasteiger charge is 2.35. The zero-order valence-corrected chi connectivity index (χ0v) is 16.9. The summed E-state index contributed by atoms with van der Waals surface area (Å²) in [5.74, 6) is 0.678. The van der Waals surface area contributed by atoms with Gasteiger partial charge in [-0.3, -0.25) is 9.59 Å². The van der Waals surface area contributed by atoms with E-state index < -0.39 is 0 Å². The van der Waals surface area contributed by atoms with Gasteiger partial charge in [0.2, 0.25) is 0 Å². The first kappa shape index (κ1) is 19.3. The summed E-state index contributed by atoms with van der Waals surface area (Å²) in [6.45, 7) is 11.1. The first-order chi connectivity index (χ1) is 12.7. The molecular weight excluding hydrogens is 338 g/mol. The number of hydrogen-bond acceptors (Lipinski definition) is 3. The normalized spacial score (nSPS) is 15.7. The average Bonchev–Trinajstić information content (AvgIpc) is 2.90. The number of nitrogens with zero attached hydrogens (tertiary/aromatic N) is 2. The number of hydrogen-bond donors (Lipinski definition) is 1. The highest BCUT2D eigenvalue weighted by Crippen LogP contribution is 2.36. The first-order valence-electron chi connectivity index (χ1n) is 9.68. The molecule has 5 heteroatoms. The largest absolute Gasteiger partial charge is 0.352 e. The Hall–Kier alpha value is -2.43. The quantitative estimate of drug-likeness (QED) is 0.865. The van der Waals surface area contributed by atoms with Crippen LogP contribution in [0.5, 0.6) is 0 Å². The molecule has 1 aromatic heterocycles. The summed E-state index contributed by atoms with van der Waals surface area (Å²) in [7, 11) is 0. The van der Waals surface area contributed by atoms with Gasteiger partial charge in [0.05, 0.1) is 22.6 Å². The van der Waals surface area contributed by atoms with Crippen LogP contribution in [-0.2, 0) is 6.42 Å². The lowest BCUT2D eigenvalue weighted by Crippen LogP contribution is -2.28. The third-order valence-corrected chi connectivity index (χ3v) is 5.10. The van der Waals surface area contributed by atoms with E-state index in [-0.39, 0.29) is 17.1 Å². The minimum Gasteiger partial charge on any atom is -0.352 e. The molecule has 1 amide bonds. The number of Topliss-reactive ketones (excluding diaryl/α,β-unsaturated/α-hetero) is 1. The molecule has 2 aromatic rings. The summed E-state index contributed by atoms with van der Waals surface area (Å²) in [6.07, 6.45) is 2.33. The third kappa shape index (κ3) is 4.12. The van der Waals surface area contributed by atoms with Gasteiger partial charge < -0.3 is 5.32 Å². The number of carbonyl (C=O) groups excluding carboxylic acids is 2. The van der Waals surface area contributed by atoms with E-state index in [9.17, 15) is 9.59 Å². The summed E-state index contributed by atoms with van der Waals surface area (Å²) >= 11 is 0. The molecule has 1 aromatic carbocycles. The van der Waals surface area contributed by atoms with E-state index in [1.54, 1.807) is 0 Å². The van der Waals surface area contributed by atoms with E-state index in [4.69, 9.17) is 0 Å². The summed E-state index contributed by atoms with van der Waals surface area (Å²) in [5, 5.41) is 7.57. The summed E-state index contributed by atoms with van der Waals surface area (Å²) in [4.78, 5) is 24.8. The van der Waals surface area contributed by atoms with Crippen molar-refractivity contribution in [2.75, 3.05) is 6.54 Å². The Morgan fingerprint density at radius 2 is 1.89 bits per heavy atom. The van der Waals surface area contributed by atoms with Gasteiger partial charge in [-0.05, 0) is 55.4 Å². The predicted octanol–water partition coefficient (Wildman–Crippen LogP) is 4.11. The lowest BCUT2D eigenvalue weighted by molar-refractivity contribution is 0.0908. The highest BCUT2D eigenvalue weighted by atomic mass is 16.1. The van der Waals surface area contributed by atoms with E-state index in [0.717, 1.165) is 35.5 Å². The van der Waals surface area contributed by atoms with Crippen molar-refractivity contribution in [3.63, 3.8) is 0 Å². The van der Waals surface area contributed by atoms with Crippen LogP contribution >= 0.6 is 0 Å². The molecule has 0 spiro atoms. The lowest BCUT2D eigenvalue weighted by Gasteiger charge is -2.29. The van der Waals surface area contributed by atoms with Crippen molar-refractivity contribution in [2.24, 2.45) is 11.3 Å². The molecule has 5 nitrogen and oxygen atoms in total. The van der Waals surface area contributed by atoms with Crippen LogP contribution in [0.3, 0.4) is 0 Å². The van der Waals surface area contributed by atoms with Crippen LogP contribution in [0.15, 0.2) is 24.3 Å².